The Bertz CT molecular complexity index is 1010. The molecule has 0 spiro atoms. The number of rotatable bonds is 8. The fraction of sp³-hybridized carbons (Fsp3) is 0.800. The molecule has 0 aliphatic carbocycles. The van der Waals surface area contributed by atoms with Crippen molar-refractivity contribution in [2.24, 2.45) is 0 Å². The van der Waals surface area contributed by atoms with Crippen molar-refractivity contribution in [3.05, 3.63) is 0 Å². The van der Waals surface area contributed by atoms with Crippen LogP contribution in [0.15, 0.2) is 0 Å². The SMILES string of the molecule is CC(C)(C)OC(=O)NC[C@@H](NC(=O)OC(C)(C)C)C(=O)N1CCN(C(=O)[C@@H](CNC(=O)OC(C)(C)C)NC(=O)OC(C)(C)C)CC1. The van der Waals surface area contributed by atoms with Gasteiger partial charge in [0, 0.05) is 26.2 Å². The smallest absolute Gasteiger partial charge is 0.408 e. The molecule has 1 saturated heterocycles. The Balaban J connectivity index is 3.00. The van der Waals surface area contributed by atoms with E-state index in [0.717, 1.165) is 0 Å². The summed E-state index contributed by atoms with van der Waals surface area (Å²) >= 11 is 0. The first-order chi connectivity index (χ1) is 20.7. The van der Waals surface area contributed by atoms with Crippen molar-refractivity contribution in [1.29, 1.82) is 0 Å². The zero-order chi connectivity index (χ0) is 35.7. The lowest BCUT2D eigenvalue weighted by Crippen LogP contribution is -2.61. The summed E-state index contributed by atoms with van der Waals surface area (Å²) in [6.45, 7) is 20.0. The summed E-state index contributed by atoms with van der Waals surface area (Å²) in [6.07, 6.45) is -3.23. The van der Waals surface area contributed by atoms with Gasteiger partial charge in [0.1, 0.15) is 34.5 Å². The molecule has 46 heavy (non-hydrogen) atoms. The predicted octanol–water partition coefficient (Wildman–Crippen LogP) is 2.49. The lowest BCUT2D eigenvalue weighted by atomic mass is 10.1. The van der Waals surface area contributed by atoms with E-state index in [9.17, 15) is 28.8 Å². The van der Waals surface area contributed by atoms with Crippen LogP contribution >= 0.6 is 0 Å². The Hall–Kier alpha value is -3.98. The van der Waals surface area contributed by atoms with Crippen LogP contribution in [0.2, 0.25) is 0 Å². The monoisotopic (exact) mass is 658 g/mol. The number of amides is 6. The van der Waals surface area contributed by atoms with Crippen LogP contribution in [-0.4, -0.2) is 120 Å². The highest BCUT2D eigenvalue weighted by Gasteiger charge is 2.35. The van der Waals surface area contributed by atoms with Crippen molar-refractivity contribution in [3.8, 4) is 0 Å². The third-order valence-corrected chi connectivity index (χ3v) is 5.58. The van der Waals surface area contributed by atoms with Gasteiger partial charge in [-0.1, -0.05) is 0 Å². The topological polar surface area (TPSA) is 194 Å². The van der Waals surface area contributed by atoms with Gasteiger partial charge in [0.15, 0.2) is 0 Å². The summed E-state index contributed by atoms with van der Waals surface area (Å²) in [7, 11) is 0. The van der Waals surface area contributed by atoms with Gasteiger partial charge in [0.05, 0.1) is 13.1 Å². The Morgan fingerprint density at radius 1 is 0.478 bits per heavy atom. The summed E-state index contributed by atoms with van der Waals surface area (Å²) in [6, 6.07) is -2.38. The molecule has 0 saturated carbocycles. The van der Waals surface area contributed by atoms with Gasteiger partial charge in [0.2, 0.25) is 11.8 Å². The fourth-order valence-electron chi connectivity index (χ4n) is 3.89. The first-order valence-corrected chi connectivity index (χ1v) is 15.2. The minimum Gasteiger partial charge on any atom is -0.444 e. The van der Waals surface area contributed by atoms with Crippen LogP contribution in [0, 0.1) is 0 Å². The third-order valence-electron chi connectivity index (χ3n) is 5.58. The molecule has 0 radical (unpaired) electrons. The zero-order valence-electron chi connectivity index (χ0n) is 29.4. The van der Waals surface area contributed by atoms with Crippen LogP contribution in [0.4, 0.5) is 19.2 Å². The summed E-state index contributed by atoms with van der Waals surface area (Å²) in [5.41, 5.74) is -3.21. The summed E-state index contributed by atoms with van der Waals surface area (Å²) in [5.74, 6) is -1.02. The molecule has 1 aliphatic rings. The molecule has 1 aliphatic heterocycles. The van der Waals surface area contributed by atoms with Crippen molar-refractivity contribution < 1.29 is 47.7 Å². The average molecular weight is 659 g/mol. The molecule has 16 heteroatoms. The summed E-state index contributed by atoms with van der Waals surface area (Å²) < 4.78 is 21.1. The molecule has 16 nitrogen and oxygen atoms in total. The van der Waals surface area contributed by atoms with E-state index >= 15 is 0 Å². The van der Waals surface area contributed by atoms with Crippen LogP contribution in [-0.2, 0) is 28.5 Å². The minimum absolute atomic E-state index is 0.0855. The third kappa shape index (κ3) is 16.9. The average Bonchev–Trinajstić information content (AvgIpc) is 2.84. The van der Waals surface area contributed by atoms with Crippen LogP contribution in [0.25, 0.3) is 0 Å². The second kappa shape index (κ2) is 16.0. The molecule has 1 rings (SSSR count). The Kier molecular flexibility index (Phi) is 14.0. The van der Waals surface area contributed by atoms with E-state index in [1.165, 1.54) is 9.80 Å². The molecular formula is C30H54N6O10. The molecule has 264 valence electrons. The lowest BCUT2D eigenvalue weighted by Gasteiger charge is -2.38. The zero-order valence-corrected chi connectivity index (χ0v) is 29.4. The van der Waals surface area contributed by atoms with E-state index in [1.54, 1.807) is 83.1 Å². The standard InChI is InChI=1S/C30H54N6O10/c1-27(2,3)43-23(39)31-17-19(33-25(41)45-29(7,8)9)21(37)35-13-15-36(16-14-35)22(38)20(34-26(42)46-30(10,11)12)18-32-24(40)44-28(4,5)6/h19-20H,13-18H2,1-12H3,(H,31,39)(H,32,40)(H,33,41)(H,34,42)/t19-,20-/m1/s1. The number of alkyl carbamates (subject to hydrolysis) is 4. The Morgan fingerprint density at radius 2 is 0.717 bits per heavy atom. The van der Waals surface area contributed by atoms with Gasteiger partial charge in [-0.05, 0) is 83.1 Å². The summed E-state index contributed by atoms with van der Waals surface area (Å²) in [4.78, 5) is 79.4. The molecule has 0 aromatic heterocycles. The van der Waals surface area contributed by atoms with Gasteiger partial charge in [-0.2, -0.15) is 0 Å². The summed E-state index contributed by atoms with van der Waals surface area (Å²) in [5, 5.41) is 10.0. The molecule has 1 heterocycles. The van der Waals surface area contributed by atoms with Crippen LogP contribution < -0.4 is 21.3 Å². The highest BCUT2D eigenvalue weighted by molar-refractivity contribution is 5.88. The molecule has 0 aromatic rings. The molecule has 0 aromatic carbocycles. The first-order valence-electron chi connectivity index (χ1n) is 15.2. The maximum atomic E-state index is 13.5. The van der Waals surface area contributed by atoms with Crippen molar-refractivity contribution in [2.45, 2.75) is 118 Å². The Morgan fingerprint density at radius 3 is 0.957 bits per heavy atom. The molecule has 0 unspecified atom stereocenters. The van der Waals surface area contributed by atoms with Gasteiger partial charge >= 0.3 is 24.4 Å². The number of ether oxygens (including phenoxy) is 4. The Labute approximate surface area is 271 Å². The normalized spacial score (nSPS) is 15.5. The second-order valence-electron chi connectivity index (χ2n) is 14.8. The number of carbonyl (C=O) groups is 6. The van der Waals surface area contributed by atoms with Crippen LogP contribution in [0.5, 0.6) is 0 Å². The van der Waals surface area contributed by atoms with Crippen molar-refractivity contribution in [3.63, 3.8) is 0 Å². The van der Waals surface area contributed by atoms with E-state index in [1.807, 2.05) is 0 Å². The van der Waals surface area contributed by atoms with Crippen molar-refractivity contribution in [2.75, 3.05) is 39.3 Å². The molecule has 0 bridgehead atoms. The lowest BCUT2D eigenvalue weighted by molar-refractivity contribution is -0.141. The van der Waals surface area contributed by atoms with Crippen molar-refractivity contribution >= 4 is 36.2 Å². The maximum Gasteiger partial charge on any atom is 0.408 e. The molecule has 2 atom stereocenters. The van der Waals surface area contributed by atoms with Gasteiger partial charge < -0.3 is 50.0 Å². The number of hydrogen-bond acceptors (Lipinski definition) is 10. The molecular weight excluding hydrogens is 604 g/mol. The van der Waals surface area contributed by atoms with Gasteiger partial charge in [0.25, 0.3) is 0 Å². The minimum atomic E-state index is -1.19. The second-order valence-corrected chi connectivity index (χ2v) is 14.8. The van der Waals surface area contributed by atoms with E-state index in [4.69, 9.17) is 18.9 Å². The van der Waals surface area contributed by atoms with E-state index in [-0.39, 0.29) is 39.3 Å². The van der Waals surface area contributed by atoms with Crippen LogP contribution in [0.1, 0.15) is 83.1 Å². The quantitative estimate of drug-likeness (QED) is 0.282. The number of hydrogen-bond donors (Lipinski definition) is 4. The first kappa shape index (κ1) is 40.0. The fourth-order valence-corrected chi connectivity index (χ4v) is 3.89. The highest BCUT2D eigenvalue weighted by Crippen LogP contribution is 2.12. The predicted molar refractivity (Wildman–Crippen MR) is 168 cm³/mol. The maximum absolute atomic E-state index is 13.5. The highest BCUT2D eigenvalue weighted by atomic mass is 16.6. The van der Waals surface area contributed by atoms with Crippen LogP contribution in [0.3, 0.4) is 0 Å². The van der Waals surface area contributed by atoms with E-state index in [2.05, 4.69) is 21.3 Å². The molecule has 1 fully saturated rings. The number of nitrogens with one attached hydrogen (secondary N) is 4. The molecule has 6 amide bonds. The van der Waals surface area contributed by atoms with Gasteiger partial charge in [-0.15, -0.1) is 0 Å². The van der Waals surface area contributed by atoms with E-state index in [0.29, 0.717) is 0 Å². The number of carbonyl (C=O) groups excluding carboxylic acids is 6. The number of piperazine rings is 1. The van der Waals surface area contributed by atoms with E-state index < -0.39 is 70.7 Å². The largest absolute Gasteiger partial charge is 0.444 e. The van der Waals surface area contributed by atoms with Gasteiger partial charge in [-0.25, -0.2) is 19.2 Å². The number of nitrogens with zero attached hydrogens (tertiary/aromatic N) is 2. The van der Waals surface area contributed by atoms with Crippen molar-refractivity contribution in [1.82, 2.24) is 31.1 Å². The van der Waals surface area contributed by atoms with Gasteiger partial charge in [-0.3, -0.25) is 9.59 Å². The molecule has 4 N–H and O–H groups in total.